The zero-order chi connectivity index (χ0) is 12.3. The van der Waals surface area contributed by atoms with Gasteiger partial charge in [0.25, 0.3) is 0 Å². The molecule has 1 aromatic carbocycles. The Balaban J connectivity index is 0. The van der Waals surface area contributed by atoms with E-state index in [2.05, 4.69) is 25.4 Å². The highest BCUT2D eigenvalue weighted by Gasteiger charge is 1.92. The fraction of sp³-hybridized carbons (Fsp3) is 0.333. The first-order valence-electron chi connectivity index (χ1n) is 4.68. The van der Waals surface area contributed by atoms with Gasteiger partial charge in [-0.1, -0.05) is 30.1 Å². The average Bonchev–Trinajstić information content (AvgIpc) is 2.27. The first-order chi connectivity index (χ1) is 7.11. The zero-order valence-corrected chi connectivity index (χ0v) is 11.1. The van der Waals surface area contributed by atoms with Gasteiger partial charge in [-0.25, -0.2) is 0 Å². The van der Waals surface area contributed by atoms with Crippen LogP contribution in [0.15, 0.2) is 31.4 Å². The van der Waals surface area contributed by atoms with Crippen molar-refractivity contribution in [1.29, 1.82) is 0 Å². The molecule has 0 heterocycles. The van der Waals surface area contributed by atoms with Crippen LogP contribution >= 0.6 is 23.2 Å². The SMILES string of the molecule is C=C.CCNC.Cc1cc(Cl)ccc1Cl. The fourth-order valence-corrected chi connectivity index (χ4v) is 0.952. The summed E-state index contributed by atoms with van der Waals surface area (Å²) in [5, 5.41) is 4.43. The molecule has 0 bridgehead atoms. The second kappa shape index (κ2) is 11.6. The van der Waals surface area contributed by atoms with Gasteiger partial charge < -0.3 is 5.32 Å². The lowest BCUT2D eigenvalue weighted by atomic mass is 10.2. The summed E-state index contributed by atoms with van der Waals surface area (Å²) in [5.41, 5.74) is 1.02. The van der Waals surface area contributed by atoms with Crippen molar-refractivity contribution in [2.45, 2.75) is 13.8 Å². The molecule has 0 aliphatic carbocycles. The van der Waals surface area contributed by atoms with Gasteiger partial charge in [0.05, 0.1) is 0 Å². The minimum absolute atomic E-state index is 0.733. The quantitative estimate of drug-likeness (QED) is 0.729. The van der Waals surface area contributed by atoms with Gasteiger partial charge in [-0.15, -0.1) is 13.2 Å². The van der Waals surface area contributed by atoms with Gasteiger partial charge >= 0.3 is 0 Å². The topological polar surface area (TPSA) is 12.0 Å². The number of rotatable bonds is 1. The molecule has 0 amide bonds. The molecule has 0 aliphatic heterocycles. The highest BCUT2D eigenvalue weighted by atomic mass is 35.5. The van der Waals surface area contributed by atoms with E-state index in [4.69, 9.17) is 23.2 Å². The van der Waals surface area contributed by atoms with Gasteiger partial charge in [-0.3, -0.25) is 0 Å². The van der Waals surface area contributed by atoms with E-state index in [-0.39, 0.29) is 0 Å². The van der Waals surface area contributed by atoms with Gasteiger partial charge in [0.2, 0.25) is 0 Å². The predicted molar refractivity (Wildman–Crippen MR) is 72.1 cm³/mol. The molecule has 15 heavy (non-hydrogen) atoms. The van der Waals surface area contributed by atoms with Crippen molar-refractivity contribution in [2.75, 3.05) is 13.6 Å². The van der Waals surface area contributed by atoms with Crippen LogP contribution in [-0.2, 0) is 0 Å². The van der Waals surface area contributed by atoms with E-state index in [1.54, 1.807) is 12.1 Å². The third-order valence-corrected chi connectivity index (χ3v) is 2.13. The Labute approximate surface area is 103 Å². The Morgan fingerprint density at radius 3 is 2.00 bits per heavy atom. The van der Waals surface area contributed by atoms with Crippen LogP contribution in [0, 0.1) is 6.92 Å². The van der Waals surface area contributed by atoms with E-state index in [9.17, 15) is 0 Å². The van der Waals surface area contributed by atoms with Crippen LogP contribution in [0.5, 0.6) is 0 Å². The maximum absolute atomic E-state index is 5.72. The van der Waals surface area contributed by atoms with Crippen molar-refractivity contribution in [2.24, 2.45) is 0 Å². The summed E-state index contributed by atoms with van der Waals surface area (Å²) in [4.78, 5) is 0. The average molecular weight is 248 g/mol. The van der Waals surface area contributed by atoms with Gasteiger partial charge in [-0.2, -0.15) is 0 Å². The summed E-state index contributed by atoms with van der Waals surface area (Å²) in [7, 11) is 1.93. The van der Waals surface area contributed by atoms with Crippen LogP contribution in [0.1, 0.15) is 12.5 Å². The molecule has 1 aromatic rings. The summed E-state index contributed by atoms with van der Waals surface area (Å²) in [5.74, 6) is 0. The van der Waals surface area contributed by atoms with E-state index in [1.165, 1.54) is 0 Å². The molecule has 1 rings (SSSR count). The minimum Gasteiger partial charge on any atom is -0.320 e. The molecule has 0 saturated heterocycles. The van der Waals surface area contributed by atoms with Crippen molar-refractivity contribution in [1.82, 2.24) is 5.32 Å². The van der Waals surface area contributed by atoms with Crippen molar-refractivity contribution >= 4 is 23.2 Å². The third kappa shape index (κ3) is 9.80. The van der Waals surface area contributed by atoms with Crippen LogP contribution in [-0.4, -0.2) is 13.6 Å². The first kappa shape index (κ1) is 16.9. The van der Waals surface area contributed by atoms with Gasteiger partial charge in [0, 0.05) is 10.0 Å². The lowest BCUT2D eigenvalue weighted by molar-refractivity contribution is 0.864. The van der Waals surface area contributed by atoms with Crippen molar-refractivity contribution in [3.8, 4) is 0 Å². The van der Waals surface area contributed by atoms with Crippen LogP contribution in [0.4, 0.5) is 0 Å². The summed E-state index contributed by atoms with van der Waals surface area (Å²) in [6.45, 7) is 11.1. The van der Waals surface area contributed by atoms with E-state index in [1.807, 2.05) is 20.0 Å². The van der Waals surface area contributed by atoms with Crippen molar-refractivity contribution in [3.63, 3.8) is 0 Å². The van der Waals surface area contributed by atoms with Gasteiger partial charge in [0.1, 0.15) is 0 Å². The minimum atomic E-state index is 0.733. The smallest absolute Gasteiger partial charge is 0.0436 e. The van der Waals surface area contributed by atoms with Gasteiger partial charge in [0.15, 0.2) is 0 Å². The molecule has 0 aliphatic rings. The van der Waals surface area contributed by atoms with E-state index < -0.39 is 0 Å². The number of halogens is 2. The molecule has 1 nitrogen and oxygen atoms in total. The Kier molecular flexibility index (Phi) is 13.1. The number of benzene rings is 1. The summed E-state index contributed by atoms with van der Waals surface area (Å²) in [6, 6.07) is 5.40. The summed E-state index contributed by atoms with van der Waals surface area (Å²) < 4.78 is 0. The standard InChI is InChI=1S/C7H6Cl2.C3H9N.C2H4/c1-5-4-6(8)2-3-7(5)9;1-3-4-2;1-2/h2-4H,1H3;4H,3H2,1-2H3;1-2H2. The molecule has 0 spiro atoms. The first-order valence-corrected chi connectivity index (χ1v) is 5.43. The van der Waals surface area contributed by atoms with Crippen molar-refractivity contribution < 1.29 is 0 Å². The maximum Gasteiger partial charge on any atom is 0.0436 e. The molecule has 0 atom stereocenters. The molecule has 0 radical (unpaired) electrons. The highest BCUT2D eigenvalue weighted by molar-refractivity contribution is 6.33. The summed E-state index contributed by atoms with van der Waals surface area (Å²) >= 11 is 11.4. The monoisotopic (exact) mass is 247 g/mol. The van der Waals surface area contributed by atoms with E-state index >= 15 is 0 Å². The molecule has 0 aromatic heterocycles. The lowest BCUT2D eigenvalue weighted by Gasteiger charge is -1.94. The van der Waals surface area contributed by atoms with E-state index in [0.717, 1.165) is 22.2 Å². The normalized spacial score (nSPS) is 8.07. The van der Waals surface area contributed by atoms with Crippen molar-refractivity contribution in [3.05, 3.63) is 47.0 Å². The van der Waals surface area contributed by atoms with Crippen LogP contribution in [0.3, 0.4) is 0 Å². The maximum atomic E-state index is 5.72. The Morgan fingerprint density at radius 1 is 1.27 bits per heavy atom. The molecular weight excluding hydrogens is 229 g/mol. The zero-order valence-electron chi connectivity index (χ0n) is 9.61. The predicted octanol–water partition coefficient (Wildman–Crippen LogP) is 4.33. The molecule has 0 fully saturated rings. The van der Waals surface area contributed by atoms with E-state index in [0.29, 0.717) is 0 Å². The fourth-order valence-electron chi connectivity index (χ4n) is 0.608. The second-order valence-corrected chi connectivity index (χ2v) is 3.44. The summed E-state index contributed by atoms with van der Waals surface area (Å²) in [6.07, 6.45) is 0. The molecule has 0 unspecified atom stereocenters. The largest absolute Gasteiger partial charge is 0.320 e. The van der Waals surface area contributed by atoms with Crippen LogP contribution in [0.2, 0.25) is 10.0 Å². The number of nitrogens with one attached hydrogen (secondary N) is 1. The lowest BCUT2D eigenvalue weighted by Crippen LogP contribution is -2.01. The second-order valence-electron chi connectivity index (χ2n) is 2.60. The van der Waals surface area contributed by atoms with Gasteiger partial charge in [-0.05, 0) is 44.3 Å². The molecule has 3 heteroatoms. The number of hydrogen-bond acceptors (Lipinski definition) is 1. The molecule has 1 N–H and O–H groups in total. The molecule has 86 valence electrons. The van der Waals surface area contributed by atoms with Crippen LogP contribution in [0.25, 0.3) is 0 Å². The number of hydrogen-bond donors (Lipinski definition) is 1. The Hall–Kier alpha value is -0.500. The Morgan fingerprint density at radius 2 is 1.73 bits per heavy atom. The molecule has 0 saturated carbocycles. The number of aryl methyl sites for hydroxylation is 1. The third-order valence-electron chi connectivity index (χ3n) is 1.47. The van der Waals surface area contributed by atoms with Crippen LogP contribution < -0.4 is 5.32 Å². The Bertz CT molecular complexity index is 260. The highest BCUT2D eigenvalue weighted by Crippen LogP contribution is 2.18. The molecular formula is C12H19Cl2N.